The van der Waals surface area contributed by atoms with Gasteiger partial charge in [-0.05, 0) is 24.5 Å². The molecule has 100 valence electrons. The van der Waals surface area contributed by atoms with Crippen molar-refractivity contribution in [3.63, 3.8) is 0 Å². The third-order valence-electron chi connectivity index (χ3n) is 4.02. The molecule has 5 nitrogen and oxygen atoms in total. The number of para-hydroxylation sites is 1. The van der Waals surface area contributed by atoms with Crippen LogP contribution >= 0.6 is 0 Å². The highest BCUT2D eigenvalue weighted by molar-refractivity contribution is 5.95. The van der Waals surface area contributed by atoms with Crippen LogP contribution in [-0.2, 0) is 19.9 Å². The molecule has 20 heavy (non-hydrogen) atoms. The van der Waals surface area contributed by atoms with Crippen LogP contribution in [0.2, 0.25) is 0 Å². The van der Waals surface area contributed by atoms with Crippen LogP contribution in [0.5, 0.6) is 0 Å². The molecule has 0 unspecified atom stereocenters. The van der Waals surface area contributed by atoms with Crippen LogP contribution in [0.4, 0.5) is 0 Å². The summed E-state index contributed by atoms with van der Waals surface area (Å²) in [6.07, 6.45) is 1.57. The lowest BCUT2D eigenvalue weighted by Crippen LogP contribution is -2.09. The number of aryl methyl sites for hydroxylation is 2. The molecule has 0 bridgehead atoms. The van der Waals surface area contributed by atoms with Crippen LogP contribution in [0.3, 0.4) is 0 Å². The fourth-order valence-electron chi connectivity index (χ4n) is 3.18. The number of fused-ring (bicyclic) bond motifs is 5. The topological polar surface area (TPSA) is 70.9 Å². The SMILES string of the molecule is Cn1nc2c(c1C(=O)O)CCc1c-2[nH]c2ccccc12. The predicted octanol–water partition coefficient (Wildman–Crippen LogP) is 2.37. The highest BCUT2D eigenvalue weighted by Gasteiger charge is 2.29. The van der Waals surface area contributed by atoms with E-state index < -0.39 is 5.97 Å². The van der Waals surface area contributed by atoms with Crippen molar-refractivity contribution in [3.8, 4) is 11.4 Å². The van der Waals surface area contributed by atoms with Crippen molar-refractivity contribution in [1.82, 2.24) is 14.8 Å². The third-order valence-corrected chi connectivity index (χ3v) is 4.02. The molecule has 4 rings (SSSR count). The Bertz CT molecular complexity index is 858. The summed E-state index contributed by atoms with van der Waals surface area (Å²) in [4.78, 5) is 14.8. The second-order valence-electron chi connectivity index (χ2n) is 5.13. The van der Waals surface area contributed by atoms with Crippen LogP contribution in [-0.4, -0.2) is 25.8 Å². The summed E-state index contributed by atoms with van der Waals surface area (Å²) in [5.41, 5.74) is 5.19. The smallest absolute Gasteiger partial charge is 0.354 e. The van der Waals surface area contributed by atoms with E-state index in [9.17, 15) is 9.90 Å². The van der Waals surface area contributed by atoms with Gasteiger partial charge in [-0.15, -0.1) is 0 Å². The third kappa shape index (κ3) is 1.32. The van der Waals surface area contributed by atoms with Gasteiger partial charge in [0.1, 0.15) is 11.4 Å². The van der Waals surface area contributed by atoms with Crippen molar-refractivity contribution in [2.75, 3.05) is 0 Å². The monoisotopic (exact) mass is 267 g/mol. The van der Waals surface area contributed by atoms with Crippen molar-refractivity contribution >= 4 is 16.9 Å². The summed E-state index contributed by atoms with van der Waals surface area (Å²) in [5, 5.41) is 14.9. The van der Waals surface area contributed by atoms with E-state index in [1.165, 1.54) is 15.6 Å². The van der Waals surface area contributed by atoms with E-state index in [0.29, 0.717) is 5.69 Å². The quantitative estimate of drug-likeness (QED) is 0.711. The Balaban J connectivity index is 2.05. The molecule has 0 fully saturated rings. The average Bonchev–Trinajstić information content (AvgIpc) is 2.95. The molecular weight excluding hydrogens is 254 g/mol. The molecule has 2 heterocycles. The van der Waals surface area contributed by atoms with Gasteiger partial charge in [0.15, 0.2) is 0 Å². The van der Waals surface area contributed by atoms with Crippen molar-refractivity contribution in [2.45, 2.75) is 12.8 Å². The van der Waals surface area contributed by atoms with Crippen LogP contribution in [0.15, 0.2) is 24.3 Å². The molecule has 1 aliphatic carbocycles. The lowest BCUT2D eigenvalue weighted by atomic mass is 9.92. The Morgan fingerprint density at radius 3 is 2.85 bits per heavy atom. The summed E-state index contributed by atoms with van der Waals surface area (Å²) in [5.74, 6) is -0.916. The number of aromatic carboxylic acids is 1. The zero-order valence-electron chi connectivity index (χ0n) is 11.0. The maximum Gasteiger partial charge on any atom is 0.354 e. The van der Waals surface area contributed by atoms with Gasteiger partial charge in [0.05, 0.1) is 5.69 Å². The minimum absolute atomic E-state index is 0.296. The van der Waals surface area contributed by atoms with E-state index in [4.69, 9.17) is 0 Å². The number of aromatic nitrogens is 3. The van der Waals surface area contributed by atoms with Crippen LogP contribution in [0, 0.1) is 0 Å². The highest BCUT2D eigenvalue weighted by atomic mass is 16.4. The summed E-state index contributed by atoms with van der Waals surface area (Å²) in [6, 6.07) is 8.14. The number of H-pyrrole nitrogens is 1. The number of hydrogen-bond acceptors (Lipinski definition) is 2. The predicted molar refractivity (Wildman–Crippen MR) is 74.9 cm³/mol. The van der Waals surface area contributed by atoms with Gasteiger partial charge >= 0.3 is 5.97 Å². The second kappa shape index (κ2) is 3.72. The van der Waals surface area contributed by atoms with Crippen molar-refractivity contribution in [3.05, 3.63) is 41.1 Å². The fourth-order valence-corrected chi connectivity index (χ4v) is 3.18. The highest BCUT2D eigenvalue weighted by Crippen LogP contribution is 2.37. The first kappa shape index (κ1) is 11.3. The minimum atomic E-state index is -0.916. The zero-order chi connectivity index (χ0) is 13.9. The molecule has 0 amide bonds. The standard InChI is InChI=1S/C15H13N3O2/c1-18-14(15(19)20)10-7-6-9-8-4-2-3-5-11(8)16-12(9)13(10)17-18/h2-5,16H,6-7H2,1H3,(H,19,20). The maximum atomic E-state index is 11.4. The summed E-state index contributed by atoms with van der Waals surface area (Å²) in [6.45, 7) is 0. The normalized spacial score (nSPS) is 13.2. The lowest BCUT2D eigenvalue weighted by molar-refractivity contribution is 0.0683. The van der Waals surface area contributed by atoms with Gasteiger partial charge in [-0.25, -0.2) is 4.79 Å². The van der Waals surface area contributed by atoms with Gasteiger partial charge in [-0.2, -0.15) is 5.10 Å². The van der Waals surface area contributed by atoms with Gasteiger partial charge < -0.3 is 10.1 Å². The molecular formula is C15H13N3O2. The van der Waals surface area contributed by atoms with Gasteiger partial charge in [-0.3, -0.25) is 4.68 Å². The first-order chi connectivity index (χ1) is 9.66. The van der Waals surface area contributed by atoms with E-state index in [-0.39, 0.29) is 0 Å². The molecule has 1 aromatic carbocycles. The number of nitrogens with zero attached hydrogens (tertiary/aromatic N) is 2. The van der Waals surface area contributed by atoms with E-state index in [2.05, 4.69) is 16.1 Å². The molecule has 2 aromatic heterocycles. The van der Waals surface area contributed by atoms with E-state index in [1.807, 2.05) is 18.2 Å². The number of hydrogen-bond donors (Lipinski definition) is 2. The molecule has 0 saturated carbocycles. The zero-order valence-corrected chi connectivity index (χ0v) is 11.0. The number of carboxylic acids is 1. The van der Waals surface area contributed by atoms with Gasteiger partial charge in [-0.1, -0.05) is 18.2 Å². The first-order valence-corrected chi connectivity index (χ1v) is 6.56. The van der Waals surface area contributed by atoms with Gasteiger partial charge in [0.25, 0.3) is 0 Å². The van der Waals surface area contributed by atoms with E-state index >= 15 is 0 Å². The number of benzene rings is 1. The molecule has 0 aliphatic heterocycles. The minimum Gasteiger partial charge on any atom is -0.477 e. The number of aromatic amines is 1. The average molecular weight is 267 g/mol. The van der Waals surface area contributed by atoms with Crippen molar-refractivity contribution in [1.29, 1.82) is 0 Å². The van der Waals surface area contributed by atoms with Crippen LogP contribution < -0.4 is 0 Å². The largest absolute Gasteiger partial charge is 0.477 e. The van der Waals surface area contributed by atoms with E-state index in [0.717, 1.165) is 35.3 Å². The van der Waals surface area contributed by atoms with Crippen molar-refractivity contribution in [2.24, 2.45) is 7.05 Å². The van der Waals surface area contributed by atoms with Gasteiger partial charge in [0.2, 0.25) is 0 Å². The Hall–Kier alpha value is -2.56. The first-order valence-electron chi connectivity index (χ1n) is 6.56. The molecule has 0 saturated heterocycles. The summed E-state index contributed by atoms with van der Waals surface area (Å²) in [7, 11) is 1.68. The molecule has 2 N–H and O–H groups in total. The number of carbonyl (C=O) groups is 1. The molecule has 0 atom stereocenters. The molecule has 1 aliphatic rings. The van der Waals surface area contributed by atoms with Gasteiger partial charge in [0, 0.05) is 23.5 Å². The maximum absolute atomic E-state index is 11.4. The Morgan fingerprint density at radius 1 is 1.30 bits per heavy atom. The molecule has 5 heteroatoms. The number of carboxylic acid groups (broad SMARTS) is 1. The Kier molecular flexibility index (Phi) is 2.10. The fraction of sp³-hybridized carbons (Fsp3) is 0.200. The van der Waals surface area contributed by atoms with Crippen molar-refractivity contribution < 1.29 is 9.90 Å². The molecule has 3 aromatic rings. The Morgan fingerprint density at radius 2 is 2.05 bits per heavy atom. The number of nitrogens with one attached hydrogen (secondary N) is 1. The molecule has 0 spiro atoms. The number of rotatable bonds is 1. The lowest BCUT2D eigenvalue weighted by Gasteiger charge is -2.11. The summed E-state index contributed by atoms with van der Waals surface area (Å²) < 4.78 is 1.47. The van der Waals surface area contributed by atoms with Crippen LogP contribution in [0.1, 0.15) is 21.6 Å². The Labute approximate surface area is 114 Å². The van der Waals surface area contributed by atoms with Crippen LogP contribution in [0.25, 0.3) is 22.3 Å². The second-order valence-corrected chi connectivity index (χ2v) is 5.13. The van der Waals surface area contributed by atoms with E-state index in [1.54, 1.807) is 7.05 Å². The molecule has 0 radical (unpaired) electrons. The summed E-state index contributed by atoms with van der Waals surface area (Å²) >= 11 is 0.